The number of carbonyl (C=O) groups is 1. The number of fused-ring (bicyclic) bond motifs is 2. The second-order valence-corrected chi connectivity index (χ2v) is 10.1. The van der Waals surface area contributed by atoms with Crippen LogP contribution in [0.4, 0.5) is 21.6 Å². The summed E-state index contributed by atoms with van der Waals surface area (Å²) in [6, 6.07) is 10.5. The predicted octanol–water partition coefficient (Wildman–Crippen LogP) is 3.46. The molecule has 10 heteroatoms. The molecule has 0 radical (unpaired) electrons. The number of pyridine rings is 2. The molecule has 0 bridgehead atoms. The maximum absolute atomic E-state index is 13.6. The van der Waals surface area contributed by atoms with Crippen LogP contribution in [0, 0.1) is 5.82 Å². The second kappa shape index (κ2) is 8.82. The van der Waals surface area contributed by atoms with Gasteiger partial charge in [0.1, 0.15) is 17.3 Å². The molecule has 0 spiro atoms. The lowest BCUT2D eigenvalue weighted by Crippen LogP contribution is -2.56. The van der Waals surface area contributed by atoms with Crippen molar-refractivity contribution in [3.05, 3.63) is 71.9 Å². The van der Waals surface area contributed by atoms with Gasteiger partial charge in [-0.25, -0.2) is 14.4 Å². The van der Waals surface area contributed by atoms with E-state index in [2.05, 4.69) is 25.5 Å². The molecule has 1 atom stereocenters. The summed E-state index contributed by atoms with van der Waals surface area (Å²) in [5.41, 5.74) is 11.1. The minimum Gasteiger partial charge on any atom is -0.373 e. The van der Waals surface area contributed by atoms with E-state index in [1.54, 1.807) is 12.4 Å². The van der Waals surface area contributed by atoms with Crippen LogP contribution in [0.15, 0.2) is 55.0 Å². The first-order valence-corrected chi connectivity index (χ1v) is 12.2. The molecule has 1 fully saturated rings. The molecule has 1 saturated heterocycles. The summed E-state index contributed by atoms with van der Waals surface area (Å²) in [5, 5.41) is 6.23. The highest BCUT2D eigenvalue weighted by atomic mass is 19.1. The van der Waals surface area contributed by atoms with Crippen LogP contribution in [0.2, 0.25) is 0 Å². The fraction of sp³-hybridized carbons (Fsp3) is 0.296. The van der Waals surface area contributed by atoms with Crippen LogP contribution in [0.25, 0.3) is 16.9 Å². The molecule has 4 N–H and O–H groups in total. The van der Waals surface area contributed by atoms with Crippen molar-refractivity contribution in [1.82, 2.24) is 19.7 Å². The molecule has 2 aliphatic heterocycles. The van der Waals surface area contributed by atoms with E-state index >= 15 is 0 Å². The Morgan fingerprint density at radius 2 is 2.05 bits per heavy atom. The number of rotatable bonds is 5. The Bertz CT molecular complexity index is 1490. The Labute approximate surface area is 213 Å². The van der Waals surface area contributed by atoms with Crippen molar-refractivity contribution in [3.8, 4) is 11.3 Å². The van der Waals surface area contributed by atoms with Gasteiger partial charge in [-0.3, -0.25) is 9.20 Å². The van der Waals surface area contributed by atoms with Gasteiger partial charge >= 0.3 is 0 Å². The number of nitrogens with two attached hydrogens (primary N) is 1. The predicted molar refractivity (Wildman–Crippen MR) is 139 cm³/mol. The average Bonchev–Trinajstić information content (AvgIpc) is 3.48. The fourth-order valence-corrected chi connectivity index (χ4v) is 4.97. The van der Waals surface area contributed by atoms with E-state index in [0.717, 1.165) is 29.1 Å². The van der Waals surface area contributed by atoms with E-state index in [1.165, 1.54) is 12.1 Å². The Morgan fingerprint density at radius 3 is 2.84 bits per heavy atom. The van der Waals surface area contributed by atoms with E-state index in [4.69, 9.17) is 10.5 Å². The molecular formula is C27H28FN7O2. The third-order valence-corrected chi connectivity index (χ3v) is 6.99. The van der Waals surface area contributed by atoms with Gasteiger partial charge in [-0.15, -0.1) is 0 Å². The van der Waals surface area contributed by atoms with Crippen molar-refractivity contribution in [1.29, 1.82) is 0 Å². The van der Waals surface area contributed by atoms with Crippen molar-refractivity contribution in [3.63, 3.8) is 0 Å². The van der Waals surface area contributed by atoms with Gasteiger partial charge in [0, 0.05) is 43.0 Å². The third kappa shape index (κ3) is 4.28. The number of hydrogen-bond donors (Lipinski definition) is 3. The number of halogens is 1. The van der Waals surface area contributed by atoms with Crippen molar-refractivity contribution >= 4 is 28.7 Å². The van der Waals surface area contributed by atoms with E-state index < -0.39 is 5.54 Å². The number of nitrogens with zero attached hydrogens (tertiary/aromatic N) is 4. The molecule has 0 saturated carbocycles. The number of nitrogens with one attached hydrogen (secondary N) is 2. The molecule has 6 rings (SSSR count). The maximum atomic E-state index is 13.6. The fourth-order valence-electron chi connectivity index (χ4n) is 4.97. The summed E-state index contributed by atoms with van der Waals surface area (Å²) >= 11 is 0. The lowest BCUT2D eigenvalue weighted by Gasteiger charge is -2.40. The van der Waals surface area contributed by atoms with Gasteiger partial charge in [0.25, 0.3) is 5.91 Å². The van der Waals surface area contributed by atoms with Crippen LogP contribution in [0.3, 0.4) is 0 Å². The smallest absolute Gasteiger partial charge is 0.254 e. The molecular weight excluding hydrogens is 473 g/mol. The Hall–Kier alpha value is -4.02. The van der Waals surface area contributed by atoms with Gasteiger partial charge in [0.05, 0.1) is 47.7 Å². The second-order valence-electron chi connectivity index (χ2n) is 10.1. The van der Waals surface area contributed by atoms with Crippen molar-refractivity contribution in [2.24, 2.45) is 5.73 Å². The SMILES string of the molecule is CC(C)(N)[C@H]1CN(c2ccc(Nc3ccc(-c4cnc5cc(F)ccn45)c4c3C(=O)NC4)nc2)CCO1. The molecule has 0 unspecified atom stereocenters. The number of aromatic nitrogens is 3. The number of anilines is 3. The van der Waals surface area contributed by atoms with E-state index in [-0.39, 0.29) is 17.8 Å². The average molecular weight is 502 g/mol. The first-order valence-electron chi connectivity index (χ1n) is 12.2. The summed E-state index contributed by atoms with van der Waals surface area (Å²) in [7, 11) is 0. The van der Waals surface area contributed by atoms with Crippen LogP contribution in [0.5, 0.6) is 0 Å². The monoisotopic (exact) mass is 501 g/mol. The van der Waals surface area contributed by atoms with Gasteiger partial charge in [-0.2, -0.15) is 0 Å². The molecule has 190 valence electrons. The lowest BCUT2D eigenvalue weighted by atomic mass is 9.97. The Kier molecular flexibility index (Phi) is 5.58. The lowest BCUT2D eigenvalue weighted by molar-refractivity contribution is -0.000226. The first kappa shape index (κ1) is 23.4. The van der Waals surface area contributed by atoms with Gasteiger partial charge in [0.15, 0.2) is 0 Å². The molecule has 37 heavy (non-hydrogen) atoms. The highest BCUT2D eigenvalue weighted by Crippen LogP contribution is 2.35. The maximum Gasteiger partial charge on any atom is 0.254 e. The largest absolute Gasteiger partial charge is 0.373 e. The molecule has 3 aromatic heterocycles. The summed E-state index contributed by atoms with van der Waals surface area (Å²) < 4.78 is 21.3. The standard InChI is InChI=1S/C27H28FN7O2/c1-27(2,29)22-15-34(9-10-37-22)17-3-6-23(30-12-17)33-20-5-4-18(19-13-32-26(36)25(19)20)21-14-31-24-11-16(28)7-8-35(21)24/h3-8,11-12,14,22H,9-10,13,15,29H2,1-2H3,(H,30,33)(H,32,36)/t22-/m1/s1. The molecule has 5 heterocycles. The molecule has 9 nitrogen and oxygen atoms in total. The van der Waals surface area contributed by atoms with E-state index in [1.807, 2.05) is 48.7 Å². The van der Waals surface area contributed by atoms with E-state index in [9.17, 15) is 9.18 Å². The van der Waals surface area contributed by atoms with Gasteiger partial charge in [-0.05, 0) is 43.7 Å². The number of amides is 1. The number of hydrogen-bond acceptors (Lipinski definition) is 7. The van der Waals surface area contributed by atoms with Crippen molar-refractivity contribution in [2.75, 3.05) is 29.9 Å². The highest BCUT2D eigenvalue weighted by Gasteiger charge is 2.31. The zero-order valence-corrected chi connectivity index (χ0v) is 20.7. The number of carbonyl (C=O) groups excluding carboxylic acids is 1. The molecule has 0 aliphatic carbocycles. The number of morpholine rings is 1. The number of imidazole rings is 1. The normalized spacial score (nSPS) is 17.7. The molecule has 1 aromatic carbocycles. The minimum atomic E-state index is -0.430. The van der Waals surface area contributed by atoms with Crippen LogP contribution in [-0.4, -0.2) is 51.6 Å². The minimum absolute atomic E-state index is 0.0643. The van der Waals surface area contributed by atoms with Crippen molar-refractivity contribution < 1.29 is 13.9 Å². The Morgan fingerprint density at radius 1 is 1.19 bits per heavy atom. The quantitative estimate of drug-likeness (QED) is 0.384. The van der Waals surface area contributed by atoms with Gasteiger partial charge in [-0.1, -0.05) is 6.07 Å². The molecule has 4 aromatic rings. The number of benzene rings is 1. The summed E-state index contributed by atoms with van der Waals surface area (Å²) in [4.78, 5) is 24.0. The van der Waals surface area contributed by atoms with Crippen molar-refractivity contribution in [2.45, 2.75) is 32.0 Å². The van der Waals surface area contributed by atoms with Crippen LogP contribution < -0.4 is 21.3 Å². The van der Waals surface area contributed by atoms with E-state index in [0.29, 0.717) is 42.4 Å². The van der Waals surface area contributed by atoms with Gasteiger partial charge < -0.3 is 26.0 Å². The summed E-state index contributed by atoms with van der Waals surface area (Å²) in [6.45, 7) is 6.42. The Balaban J connectivity index is 1.27. The number of ether oxygens (including phenoxy) is 1. The summed E-state index contributed by atoms with van der Waals surface area (Å²) in [5.74, 6) is 0.133. The topological polar surface area (TPSA) is 110 Å². The van der Waals surface area contributed by atoms with Crippen LogP contribution in [-0.2, 0) is 11.3 Å². The molecule has 2 aliphatic rings. The molecule has 1 amide bonds. The zero-order valence-electron chi connectivity index (χ0n) is 20.7. The first-order chi connectivity index (χ1) is 17.8. The van der Waals surface area contributed by atoms with Gasteiger partial charge in [0.2, 0.25) is 0 Å². The van der Waals surface area contributed by atoms with Crippen LogP contribution >= 0.6 is 0 Å². The third-order valence-electron chi connectivity index (χ3n) is 6.99. The zero-order chi connectivity index (χ0) is 25.7. The highest BCUT2D eigenvalue weighted by molar-refractivity contribution is 6.06. The van der Waals surface area contributed by atoms with Crippen LogP contribution in [0.1, 0.15) is 29.8 Å². The summed E-state index contributed by atoms with van der Waals surface area (Å²) in [6.07, 6.45) is 5.10.